The predicted octanol–water partition coefficient (Wildman–Crippen LogP) is 8.35. The number of benzene rings is 5. The van der Waals surface area contributed by atoms with Crippen molar-refractivity contribution in [3.63, 3.8) is 0 Å². The highest BCUT2D eigenvalue weighted by Crippen LogP contribution is 2.34. The van der Waals surface area contributed by atoms with Crippen molar-refractivity contribution in [3.05, 3.63) is 133 Å². The molecule has 5 aromatic carbocycles. The van der Waals surface area contributed by atoms with Gasteiger partial charge in [-0.1, -0.05) is 109 Å². The van der Waals surface area contributed by atoms with Gasteiger partial charge in [0.15, 0.2) is 23.1 Å². The van der Waals surface area contributed by atoms with Crippen LogP contribution in [0.5, 0.6) is 0 Å². The van der Waals surface area contributed by atoms with Crippen LogP contribution in [0.1, 0.15) is 0 Å². The summed E-state index contributed by atoms with van der Waals surface area (Å²) in [6.07, 6.45) is 0. The zero-order valence-corrected chi connectivity index (χ0v) is 20.9. The number of oxazole rings is 1. The standard InChI is InChI=1S/C34H22N4O/c1-3-11-24(12-4-1)31-36-32(25-13-5-2-6-14-25)38-33(37-31)28-16-8-7-15-27(28)23-19-21-26(22-20-23)34-35-29-17-9-10-18-30(29)39-34/h1-22H. The molecular weight excluding hydrogens is 480 g/mol. The van der Waals surface area contributed by atoms with Gasteiger partial charge in [0.05, 0.1) is 0 Å². The first kappa shape index (κ1) is 22.8. The second kappa shape index (κ2) is 9.80. The molecule has 7 rings (SSSR count). The zero-order chi connectivity index (χ0) is 26.0. The summed E-state index contributed by atoms with van der Waals surface area (Å²) in [5.41, 5.74) is 7.45. The van der Waals surface area contributed by atoms with Crippen LogP contribution in [-0.2, 0) is 0 Å². The van der Waals surface area contributed by atoms with Crippen LogP contribution in [0.25, 0.3) is 67.8 Å². The fourth-order valence-electron chi connectivity index (χ4n) is 4.65. The number of fused-ring (bicyclic) bond motifs is 1. The maximum absolute atomic E-state index is 5.97. The summed E-state index contributed by atoms with van der Waals surface area (Å²) in [5, 5.41) is 0. The first-order valence-corrected chi connectivity index (χ1v) is 12.7. The molecule has 5 nitrogen and oxygen atoms in total. The van der Waals surface area contributed by atoms with E-state index >= 15 is 0 Å². The number of rotatable bonds is 5. The van der Waals surface area contributed by atoms with E-state index in [0.29, 0.717) is 23.4 Å². The zero-order valence-electron chi connectivity index (χ0n) is 20.9. The SMILES string of the molecule is c1ccc(-c2nc(-c3ccccc3)nc(-c3ccccc3-c3ccc(-c4nc5ccccc5o4)cc3)n2)cc1. The summed E-state index contributed by atoms with van der Waals surface area (Å²) >= 11 is 0. The van der Waals surface area contributed by atoms with E-state index in [-0.39, 0.29) is 0 Å². The first-order valence-electron chi connectivity index (χ1n) is 12.7. The third-order valence-electron chi connectivity index (χ3n) is 6.60. The van der Waals surface area contributed by atoms with Gasteiger partial charge < -0.3 is 4.42 Å². The molecule has 2 aromatic heterocycles. The van der Waals surface area contributed by atoms with Crippen molar-refractivity contribution in [1.29, 1.82) is 0 Å². The molecule has 0 atom stereocenters. The van der Waals surface area contributed by atoms with E-state index in [1.54, 1.807) is 0 Å². The van der Waals surface area contributed by atoms with Crippen LogP contribution in [0.15, 0.2) is 138 Å². The van der Waals surface area contributed by atoms with Crippen LogP contribution in [0.3, 0.4) is 0 Å². The minimum Gasteiger partial charge on any atom is -0.436 e. The summed E-state index contributed by atoms with van der Waals surface area (Å²) in [6.45, 7) is 0. The van der Waals surface area contributed by atoms with Crippen molar-refractivity contribution < 1.29 is 4.42 Å². The Morgan fingerprint density at radius 1 is 0.359 bits per heavy atom. The van der Waals surface area contributed by atoms with Crippen molar-refractivity contribution in [2.75, 3.05) is 0 Å². The Bertz CT molecular complexity index is 1810. The Morgan fingerprint density at radius 3 is 1.51 bits per heavy atom. The Labute approximate surface area is 225 Å². The maximum atomic E-state index is 5.97. The quantitative estimate of drug-likeness (QED) is 0.237. The Balaban J connectivity index is 1.32. The van der Waals surface area contributed by atoms with Crippen molar-refractivity contribution in [2.45, 2.75) is 0 Å². The van der Waals surface area contributed by atoms with Crippen LogP contribution in [-0.4, -0.2) is 19.9 Å². The molecule has 0 saturated heterocycles. The van der Waals surface area contributed by atoms with Crippen molar-refractivity contribution in [1.82, 2.24) is 19.9 Å². The van der Waals surface area contributed by atoms with E-state index in [0.717, 1.165) is 44.5 Å². The number of aromatic nitrogens is 4. The van der Waals surface area contributed by atoms with E-state index in [4.69, 9.17) is 19.4 Å². The average molecular weight is 503 g/mol. The van der Waals surface area contributed by atoms with Gasteiger partial charge in [-0.15, -0.1) is 0 Å². The highest BCUT2D eigenvalue weighted by atomic mass is 16.3. The Morgan fingerprint density at radius 2 is 0.872 bits per heavy atom. The lowest BCUT2D eigenvalue weighted by Crippen LogP contribution is -2.01. The molecule has 0 aliphatic heterocycles. The third kappa shape index (κ3) is 4.47. The number of nitrogens with zero attached hydrogens (tertiary/aromatic N) is 4. The number of para-hydroxylation sites is 2. The van der Waals surface area contributed by atoms with Gasteiger partial charge in [-0.2, -0.15) is 0 Å². The van der Waals surface area contributed by atoms with E-state index in [1.165, 1.54) is 0 Å². The molecule has 2 heterocycles. The Hall–Kier alpha value is -5.42. The monoisotopic (exact) mass is 502 g/mol. The van der Waals surface area contributed by atoms with Gasteiger partial charge in [0, 0.05) is 22.3 Å². The highest BCUT2D eigenvalue weighted by molar-refractivity contribution is 5.83. The maximum Gasteiger partial charge on any atom is 0.227 e. The fourth-order valence-corrected chi connectivity index (χ4v) is 4.65. The normalized spacial score (nSPS) is 11.1. The van der Waals surface area contributed by atoms with Gasteiger partial charge >= 0.3 is 0 Å². The van der Waals surface area contributed by atoms with Gasteiger partial charge in [-0.05, 0) is 35.4 Å². The molecule has 5 heteroatoms. The smallest absolute Gasteiger partial charge is 0.227 e. The van der Waals surface area contributed by atoms with Crippen LogP contribution >= 0.6 is 0 Å². The van der Waals surface area contributed by atoms with Crippen LogP contribution in [0.4, 0.5) is 0 Å². The van der Waals surface area contributed by atoms with Crippen molar-refractivity contribution in [3.8, 4) is 56.7 Å². The second-order valence-corrected chi connectivity index (χ2v) is 9.15. The molecule has 0 spiro atoms. The third-order valence-corrected chi connectivity index (χ3v) is 6.60. The van der Waals surface area contributed by atoms with Gasteiger partial charge in [0.25, 0.3) is 0 Å². The molecule has 0 aliphatic rings. The molecule has 0 saturated carbocycles. The predicted molar refractivity (Wildman–Crippen MR) is 155 cm³/mol. The molecule has 0 bridgehead atoms. The van der Waals surface area contributed by atoms with Gasteiger partial charge in [-0.25, -0.2) is 19.9 Å². The molecule has 0 N–H and O–H groups in total. The lowest BCUT2D eigenvalue weighted by atomic mass is 9.98. The summed E-state index contributed by atoms with van der Waals surface area (Å²) in [7, 11) is 0. The minimum atomic E-state index is 0.605. The van der Waals surface area contributed by atoms with E-state index < -0.39 is 0 Å². The van der Waals surface area contributed by atoms with E-state index in [1.807, 2.05) is 109 Å². The lowest BCUT2D eigenvalue weighted by Gasteiger charge is -2.12. The van der Waals surface area contributed by atoms with Crippen LogP contribution in [0, 0.1) is 0 Å². The molecule has 0 fully saturated rings. The molecule has 0 radical (unpaired) electrons. The number of hydrogen-bond donors (Lipinski definition) is 0. The highest BCUT2D eigenvalue weighted by Gasteiger charge is 2.16. The topological polar surface area (TPSA) is 64.7 Å². The summed E-state index contributed by atoms with van der Waals surface area (Å²) in [5.74, 6) is 2.51. The first-order chi connectivity index (χ1) is 19.3. The van der Waals surface area contributed by atoms with Gasteiger partial charge in [-0.3, -0.25) is 0 Å². The molecular formula is C34H22N4O. The summed E-state index contributed by atoms with van der Waals surface area (Å²) in [4.78, 5) is 19.3. The number of hydrogen-bond acceptors (Lipinski definition) is 5. The van der Waals surface area contributed by atoms with Gasteiger partial charge in [0.2, 0.25) is 5.89 Å². The Kier molecular flexibility index (Phi) is 5.72. The van der Waals surface area contributed by atoms with E-state index in [9.17, 15) is 0 Å². The van der Waals surface area contributed by atoms with Gasteiger partial charge in [0.1, 0.15) is 5.52 Å². The summed E-state index contributed by atoms with van der Waals surface area (Å²) in [6, 6.07) is 44.3. The minimum absolute atomic E-state index is 0.605. The van der Waals surface area contributed by atoms with Crippen molar-refractivity contribution in [2.24, 2.45) is 0 Å². The molecule has 0 unspecified atom stereocenters. The fraction of sp³-hybridized carbons (Fsp3) is 0. The molecule has 39 heavy (non-hydrogen) atoms. The molecule has 184 valence electrons. The molecule has 7 aromatic rings. The van der Waals surface area contributed by atoms with Crippen molar-refractivity contribution >= 4 is 11.1 Å². The molecule has 0 amide bonds. The molecule has 0 aliphatic carbocycles. The van der Waals surface area contributed by atoms with Crippen LogP contribution < -0.4 is 0 Å². The van der Waals surface area contributed by atoms with Crippen LogP contribution in [0.2, 0.25) is 0 Å². The largest absolute Gasteiger partial charge is 0.436 e. The lowest BCUT2D eigenvalue weighted by molar-refractivity contribution is 0.620. The average Bonchev–Trinajstić information content (AvgIpc) is 3.46. The summed E-state index contributed by atoms with van der Waals surface area (Å²) < 4.78 is 5.97. The second-order valence-electron chi connectivity index (χ2n) is 9.15. The van der Waals surface area contributed by atoms with E-state index in [2.05, 4.69) is 29.2 Å².